The summed E-state index contributed by atoms with van der Waals surface area (Å²) in [6.45, 7) is 1.34. The number of hydroxylamine groups is 1. The highest BCUT2D eigenvalue weighted by atomic mass is 19.3. The first-order valence-electron chi connectivity index (χ1n) is 9.44. The van der Waals surface area contributed by atoms with Crippen LogP contribution in [0.5, 0.6) is 5.75 Å². The predicted octanol–water partition coefficient (Wildman–Crippen LogP) is 1.77. The summed E-state index contributed by atoms with van der Waals surface area (Å²) in [7, 11) is 0. The molecule has 0 saturated carbocycles. The number of carbonyl (C=O) groups is 2. The molecule has 9 heteroatoms. The molecular weight excluding hydrogens is 420 g/mol. The Morgan fingerprint density at radius 2 is 1.72 bits per heavy atom. The van der Waals surface area contributed by atoms with Crippen LogP contribution >= 0.6 is 0 Å². The van der Waals surface area contributed by atoms with Gasteiger partial charge in [-0.2, -0.15) is 0 Å². The predicted molar refractivity (Wildman–Crippen MR) is 113 cm³/mol. The standard InChI is InChI=1S/C23H21F2N3O4/c1-2-23(26,22(24)25)19(21(31)28-32)27-20(30)17-13-11-15(12-14-17)7-3-4-8-16-9-5-6-10-18(16)29/h5-6,9-14,19,22,29,32H,2,26H2,1H3,(H,27,30)(H,28,31). The lowest BCUT2D eigenvalue weighted by Crippen LogP contribution is -2.67. The molecule has 2 rings (SSSR count). The van der Waals surface area contributed by atoms with Crippen molar-refractivity contribution in [2.75, 3.05) is 0 Å². The van der Waals surface area contributed by atoms with E-state index in [9.17, 15) is 23.5 Å². The number of benzene rings is 2. The van der Waals surface area contributed by atoms with Gasteiger partial charge in [-0.25, -0.2) is 14.3 Å². The molecule has 6 N–H and O–H groups in total. The third-order valence-electron chi connectivity index (χ3n) is 4.72. The summed E-state index contributed by atoms with van der Waals surface area (Å²) < 4.78 is 26.9. The first kappa shape index (κ1) is 24.4. The van der Waals surface area contributed by atoms with E-state index in [2.05, 4.69) is 29.0 Å². The maximum Gasteiger partial charge on any atom is 0.268 e. The van der Waals surface area contributed by atoms with Crippen molar-refractivity contribution in [1.82, 2.24) is 10.8 Å². The van der Waals surface area contributed by atoms with E-state index in [1.165, 1.54) is 42.7 Å². The Balaban J connectivity index is 2.15. The fourth-order valence-electron chi connectivity index (χ4n) is 2.69. The topological polar surface area (TPSA) is 125 Å². The van der Waals surface area contributed by atoms with Crippen LogP contribution < -0.4 is 16.5 Å². The van der Waals surface area contributed by atoms with Crippen LogP contribution in [0.25, 0.3) is 0 Å². The van der Waals surface area contributed by atoms with Gasteiger partial charge in [0, 0.05) is 11.1 Å². The summed E-state index contributed by atoms with van der Waals surface area (Å²) in [5, 5.41) is 20.7. The minimum Gasteiger partial charge on any atom is -0.507 e. The SMILES string of the molecule is CCC(N)(C(F)F)C(NC(=O)c1ccc(C#CC#Cc2ccccc2O)cc1)C(=O)NO. The van der Waals surface area contributed by atoms with Gasteiger partial charge in [0.2, 0.25) is 0 Å². The van der Waals surface area contributed by atoms with Crippen LogP contribution in [0.15, 0.2) is 48.5 Å². The minimum atomic E-state index is -3.13. The molecule has 2 atom stereocenters. The second-order valence-corrected chi connectivity index (χ2v) is 6.74. The van der Waals surface area contributed by atoms with Crippen molar-refractivity contribution in [2.45, 2.75) is 31.4 Å². The molecule has 166 valence electrons. The summed E-state index contributed by atoms with van der Waals surface area (Å²) in [5.74, 6) is 8.65. The minimum absolute atomic E-state index is 0.0433. The van der Waals surface area contributed by atoms with Crippen LogP contribution in [0.2, 0.25) is 0 Å². The largest absolute Gasteiger partial charge is 0.507 e. The molecule has 0 aliphatic heterocycles. The number of hydrogen-bond donors (Lipinski definition) is 5. The monoisotopic (exact) mass is 441 g/mol. The summed E-state index contributed by atoms with van der Waals surface area (Å²) >= 11 is 0. The highest BCUT2D eigenvalue weighted by Crippen LogP contribution is 2.22. The second-order valence-electron chi connectivity index (χ2n) is 6.74. The molecular formula is C23H21F2N3O4. The molecule has 2 unspecified atom stereocenters. The molecule has 7 nitrogen and oxygen atoms in total. The number of nitrogens with one attached hydrogen (secondary N) is 2. The number of rotatable bonds is 6. The highest BCUT2D eigenvalue weighted by Gasteiger charge is 2.47. The number of alkyl halides is 2. The summed E-state index contributed by atoms with van der Waals surface area (Å²) in [5.41, 5.74) is 5.55. The third kappa shape index (κ3) is 5.82. The second kappa shape index (κ2) is 10.9. The van der Waals surface area contributed by atoms with Crippen molar-refractivity contribution in [3.8, 4) is 29.4 Å². The van der Waals surface area contributed by atoms with Gasteiger partial charge in [-0.15, -0.1) is 0 Å². The molecule has 2 aromatic carbocycles. The average Bonchev–Trinajstić information content (AvgIpc) is 2.80. The maximum atomic E-state index is 13.4. The molecule has 32 heavy (non-hydrogen) atoms. The van der Waals surface area contributed by atoms with Crippen molar-refractivity contribution >= 4 is 11.8 Å². The Morgan fingerprint density at radius 1 is 1.09 bits per heavy atom. The zero-order chi connectivity index (χ0) is 23.7. The van der Waals surface area contributed by atoms with Crippen molar-refractivity contribution in [2.24, 2.45) is 5.73 Å². The molecule has 0 aromatic heterocycles. The number of para-hydroxylation sites is 1. The molecule has 0 spiro atoms. The van der Waals surface area contributed by atoms with E-state index in [-0.39, 0.29) is 17.7 Å². The normalized spacial score (nSPS) is 12.9. The smallest absolute Gasteiger partial charge is 0.268 e. The van der Waals surface area contributed by atoms with Crippen LogP contribution in [0.1, 0.15) is 34.8 Å². The maximum absolute atomic E-state index is 13.4. The van der Waals surface area contributed by atoms with E-state index in [1.807, 2.05) is 0 Å². The quantitative estimate of drug-likeness (QED) is 0.266. The third-order valence-corrected chi connectivity index (χ3v) is 4.72. The van der Waals surface area contributed by atoms with Crippen LogP contribution in [-0.4, -0.2) is 40.1 Å². The Morgan fingerprint density at radius 3 is 2.28 bits per heavy atom. The van der Waals surface area contributed by atoms with Gasteiger partial charge in [-0.05, 0) is 60.6 Å². The first-order chi connectivity index (χ1) is 15.2. The zero-order valence-corrected chi connectivity index (χ0v) is 17.0. The van der Waals surface area contributed by atoms with Gasteiger partial charge in [0.1, 0.15) is 17.3 Å². The van der Waals surface area contributed by atoms with Crippen molar-refractivity contribution < 1.29 is 28.7 Å². The fraction of sp³-hybridized carbons (Fsp3) is 0.217. The lowest BCUT2D eigenvalue weighted by Gasteiger charge is -2.34. The van der Waals surface area contributed by atoms with E-state index in [0.29, 0.717) is 11.1 Å². The fourth-order valence-corrected chi connectivity index (χ4v) is 2.69. The number of hydrogen-bond acceptors (Lipinski definition) is 5. The van der Waals surface area contributed by atoms with E-state index in [0.717, 1.165) is 0 Å². The van der Waals surface area contributed by atoms with Crippen LogP contribution in [0, 0.1) is 23.7 Å². The van der Waals surface area contributed by atoms with E-state index in [4.69, 9.17) is 10.9 Å². The molecule has 0 aliphatic carbocycles. The molecule has 0 bridgehead atoms. The van der Waals surface area contributed by atoms with Gasteiger partial charge in [0.05, 0.1) is 5.56 Å². The summed E-state index contributed by atoms with van der Waals surface area (Å²) in [6, 6.07) is 10.5. The van der Waals surface area contributed by atoms with Crippen molar-refractivity contribution in [1.29, 1.82) is 0 Å². The molecule has 2 amide bonds. The van der Waals surface area contributed by atoms with Gasteiger partial charge in [0.25, 0.3) is 18.2 Å². The molecule has 0 fully saturated rings. The lowest BCUT2D eigenvalue weighted by molar-refractivity contribution is -0.135. The van der Waals surface area contributed by atoms with Gasteiger partial charge in [0.15, 0.2) is 0 Å². The number of amides is 2. The van der Waals surface area contributed by atoms with E-state index >= 15 is 0 Å². The van der Waals surface area contributed by atoms with Crippen molar-refractivity contribution in [3.05, 3.63) is 65.2 Å². The molecule has 0 saturated heterocycles. The van der Waals surface area contributed by atoms with Crippen molar-refractivity contribution in [3.63, 3.8) is 0 Å². The van der Waals surface area contributed by atoms with Crippen LogP contribution in [-0.2, 0) is 4.79 Å². The molecule has 0 heterocycles. The number of nitrogens with two attached hydrogens (primary N) is 1. The first-order valence-corrected chi connectivity index (χ1v) is 9.44. The molecule has 2 aromatic rings. The Kier molecular flexibility index (Phi) is 8.31. The van der Waals surface area contributed by atoms with Crippen LogP contribution in [0.3, 0.4) is 0 Å². The number of halogens is 2. The molecule has 0 radical (unpaired) electrons. The number of carbonyl (C=O) groups excluding carboxylic acids is 2. The van der Waals surface area contributed by atoms with Gasteiger partial charge in [-0.3, -0.25) is 14.8 Å². The molecule has 0 aliphatic rings. The number of phenolic OH excluding ortho intramolecular Hbond substituents is 1. The highest BCUT2D eigenvalue weighted by molar-refractivity contribution is 5.98. The number of phenols is 1. The Hall–Kier alpha value is -3.92. The Bertz CT molecular complexity index is 1100. The van der Waals surface area contributed by atoms with Gasteiger partial charge in [-0.1, -0.05) is 25.0 Å². The van der Waals surface area contributed by atoms with E-state index < -0.39 is 29.8 Å². The summed E-state index contributed by atoms with van der Waals surface area (Å²) in [6.07, 6.45) is -3.47. The number of aromatic hydroxyl groups is 1. The summed E-state index contributed by atoms with van der Waals surface area (Å²) in [4.78, 5) is 24.3. The van der Waals surface area contributed by atoms with Gasteiger partial charge >= 0.3 is 0 Å². The average molecular weight is 441 g/mol. The zero-order valence-electron chi connectivity index (χ0n) is 17.0. The van der Waals surface area contributed by atoms with E-state index in [1.54, 1.807) is 18.2 Å². The lowest BCUT2D eigenvalue weighted by atomic mass is 9.87. The van der Waals surface area contributed by atoms with Crippen LogP contribution in [0.4, 0.5) is 8.78 Å². The Labute approximate surface area is 183 Å². The van der Waals surface area contributed by atoms with Gasteiger partial charge < -0.3 is 16.2 Å².